The Morgan fingerprint density at radius 3 is 2.44 bits per heavy atom. The zero-order chi connectivity index (χ0) is 17.5. The molecule has 0 saturated heterocycles. The standard InChI is InChI=1S/C18H33N5O.HI/c1-19-18(22-13-15-23(2)14-8-16-24-3)21-12-7-11-20-17-9-5-4-6-10-17;/h4-6,9-10,20H,7-8,11-16H2,1-3H3,(H2,19,21,22);1H. The number of hydrogen-bond donors (Lipinski definition) is 3. The highest BCUT2D eigenvalue weighted by molar-refractivity contribution is 14.0. The highest BCUT2D eigenvalue weighted by Gasteiger charge is 2.00. The van der Waals surface area contributed by atoms with Crippen molar-refractivity contribution in [1.29, 1.82) is 0 Å². The lowest BCUT2D eigenvalue weighted by Crippen LogP contribution is -2.41. The molecule has 0 atom stereocenters. The van der Waals surface area contributed by atoms with E-state index in [0.717, 1.165) is 63.8 Å². The SMILES string of the molecule is CN=C(NCCCNc1ccccc1)NCCN(C)CCCOC.I. The number of nitrogens with zero attached hydrogens (tertiary/aromatic N) is 2. The molecule has 1 aromatic rings. The Balaban J connectivity index is 0.00000576. The van der Waals surface area contributed by atoms with Crippen LogP contribution in [-0.2, 0) is 4.74 Å². The number of para-hydroxylation sites is 1. The van der Waals surface area contributed by atoms with Gasteiger partial charge in [-0.25, -0.2) is 0 Å². The van der Waals surface area contributed by atoms with Crippen LogP contribution in [0.3, 0.4) is 0 Å². The summed E-state index contributed by atoms with van der Waals surface area (Å²) in [6.07, 6.45) is 2.10. The van der Waals surface area contributed by atoms with Crippen molar-refractivity contribution < 1.29 is 4.74 Å². The lowest BCUT2D eigenvalue weighted by Gasteiger charge is -2.18. The molecule has 0 fully saturated rings. The average molecular weight is 463 g/mol. The lowest BCUT2D eigenvalue weighted by atomic mass is 10.3. The van der Waals surface area contributed by atoms with Gasteiger partial charge in [0, 0.05) is 59.2 Å². The van der Waals surface area contributed by atoms with Gasteiger partial charge < -0.3 is 25.6 Å². The molecule has 0 radical (unpaired) electrons. The molecule has 0 amide bonds. The van der Waals surface area contributed by atoms with E-state index >= 15 is 0 Å². The molecule has 0 aliphatic rings. The van der Waals surface area contributed by atoms with E-state index in [1.807, 2.05) is 18.2 Å². The normalized spacial score (nSPS) is 11.1. The first kappa shape index (κ1) is 23.9. The van der Waals surface area contributed by atoms with E-state index in [0.29, 0.717) is 0 Å². The van der Waals surface area contributed by atoms with Crippen molar-refractivity contribution in [2.45, 2.75) is 12.8 Å². The van der Waals surface area contributed by atoms with Crippen LogP contribution in [0.4, 0.5) is 5.69 Å². The topological polar surface area (TPSA) is 60.9 Å². The molecule has 0 aliphatic heterocycles. The summed E-state index contributed by atoms with van der Waals surface area (Å²) in [4.78, 5) is 6.55. The van der Waals surface area contributed by atoms with E-state index in [1.165, 1.54) is 0 Å². The van der Waals surface area contributed by atoms with Crippen molar-refractivity contribution in [2.24, 2.45) is 4.99 Å². The molecule has 144 valence electrons. The van der Waals surface area contributed by atoms with E-state index in [1.54, 1.807) is 14.2 Å². The second-order valence-corrected chi connectivity index (χ2v) is 5.72. The number of methoxy groups -OCH3 is 1. The third kappa shape index (κ3) is 12.9. The maximum atomic E-state index is 5.07. The number of benzene rings is 1. The lowest BCUT2D eigenvalue weighted by molar-refractivity contribution is 0.180. The van der Waals surface area contributed by atoms with Gasteiger partial charge in [0.2, 0.25) is 0 Å². The number of ether oxygens (including phenoxy) is 1. The predicted octanol–water partition coefficient (Wildman–Crippen LogP) is 2.24. The summed E-state index contributed by atoms with van der Waals surface area (Å²) in [5.41, 5.74) is 1.16. The summed E-state index contributed by atoms with van der Waals surface area (Å²) in [6.45, 7) is 5.57. The molecule has 3 N–H and O–H groups in total. The fourth-order valence-corrected chi connectivity index (χ4v) is 2.26. The van der Waals surface area contributed by atoms with Gasteiger partial charge in [0.25, 0.3) is 0 Å². The third-order valence-electron chi connectivity index (χ3n) is 3.65. The number of nitrogens with one attached hydrogen (secondary N) is 3. The molecule has 0 aliphatic carbocycles. The molecule has 0 unspecified atom stereocenters. The summed E-state index contributed by atoms with van der Waals surface area (Å²) >= 11 is 0. The summed E-state index contributed by atoms with van der Waals surface area (Å²) in [5.74, 6) is 0.861. The van der Waals surface area contributed by atoms with Crippen molar-refractivity contribution in [3.05, 3.63) is 30.3 Å². The van der Waals surface area contributed by atoms with E-state index < -0.39 is 0 Å². The Hall–Kier alpha value is -1.06. The molecule has 1 aromatic carbocycles. The number of anilines is 1. The van der Waals surface area contributed by atoms with Crippen LogP contribution < -0.4 is 16.0 Å². The first-order chi connectivity index (χ1) is 11.8. The first-order valence-corrected chi connectivity index (χ1v) is 8.67. The van der Waals surface area contributed by atoms with Gasteiger partial charge in [0.05, 0.1) is 0 Å². The zero-order valence-electron chi connectivity index (χ0n) is 15.8. The maximum Gasteiger partial charge on any atom is 0.191 e. The smallest absolute Gasteiger partial charge is 0.191 e. The van der Waals surface area contributed by atoms with E-state index in [4.69, 9.17) is 4.74 Å². The van der Waals surface area contributed by atoms with Crippen LogP contribution in [0.15, 0.2) is 35.3 Å². The average Bonchev–Trinajstić information content (AvgIpc) is 2.61. The van der Waals surface area contributed by atoms with Gasteiger partial charge in [-0.05, 0) is 32.0 Å². The van der Waals surface area contributed by atoms with Gasteiger partial charge in [-0.3, -0.25) is 4.99 Å². The first-order valence-electron chi connectivity index (χ1n) is 8.67. The van der Waals surface area contributed by atoms with Gasteiger partial charge in [-0.1, -0.05) is 18.2 Å². The number of guanidine groups is 1. The maximum absolute atomic E-state index is 5.07. The van der Waals surface area contributed by atoms with Gasteiger partial charge in [0.1, 0.15) is 0 Å². The Labute approximate surface area is 169 Å². The number of likely N-dealkylation sites (N-methyl/N-ethyl adjacent to an activating group) is 1. The van der Waals surface area contributed by atoms with Crippen LogP contribution in [0.25, 0.3) is 0 Å². The second kappa shape index (κ2) is 16.4. The van der Waals surface area contributed by atoms with E-state index in [9.17, 15) is 0 Å². The van der Waals surface area contributed by atoms with E-state index in [2.05, 4.69) is 45.0 Å². The molecule has 7 heteroatoms. The molecule has 0 bridgehead atoms. The molecule has 0 saturated carbocycles. The van der Waals surface area contributed by atoms with Gasteiger partial charge in [0.15, 0.2) is 5.96 Å². The van der Waals surface area contributed by atoms with Crippen LogP contribution >= 0.6 is 24.0 Å². The van der Waals surface area contributed by atoms with E-state index in [-0.39, 0.29) is 24.0 Å². The summed E-state index contributed by atoms with van der Waals surface area (Å²) < 4.78 is 5.07. The van der Waals surface area contributed by atoms with Crippen LogP contribution in [0.5, 0.6) is 0 Å². The monoisotopic (exact) mass is 463 g/mol. The minimum Gasteiger partial charge on any atom is -0.385 e. The zero-order valence-corrected chi connectivity index (χ0v) is 18.1. The summed E-state index contributed by atoms with van der Waals surface area (Å²) in [7, 11) is 5.68. The van der Waals surface area contributed by atoms with Crippen LogP contribution in [0.2, 0.25) is 0 Å². The number of aliphatic imine (C=N–C) groups is 1. The highest BCUT2D eigenvalue weighted by atomic mass is 127. The molecular formula is C18H34IN5O. The second-order valence-electron chi connectivity index (χ2n) is 5.72. The number of halogens is 1. The Morgan fingerprint density at radius 1 is 1.04 bits per heavy atom. The highest BCUT2D eigenvalue weighted by Crippen LogP contribution is 2.03. The minimum absolute atomic E-state index is 0. The third-order valence-corrected chi connectivity index (χ3v) is 3.65. The Morgan fingerprint density at radius 2 is 1.76 bits per heavy atom. The van der Waals surface area contributed by atoms with Crippen molar-refractivity contribution >= 4 is 35.6 Å². The van der Waals surface area contributed by atoms with Gasteiger partial charge >= 0.3 is 0 Å². The van der Waals surface area contributed by atoms with Gasteiger partial charge in [-0.15, -0.1) is 24.0 Å². The van der Waals surface area contributed by atoms with Crippen molar-refractivity contribution in [3.8, 4) is 0 Å². The summed E-state index contributed by atoms with van der Waals surface area (Å²) in [6, 6.07) is 10.3. The van der Waals surface area contributed by atoms with Crippen LogP contribution in [0, 0.1) is 0 Å². The summed E-state index contributed by atoms with van der Waals surface area (Å²) in [5, 5.41) is 10.1. The number of hydrogen-bond acceptors (Lipinski definition) is 4. The van der Waals surface area contributed by atoms with Crippen LogP contribution in [0.1, 0.15) is 12.8 Å². The molecule has 6 nitrogen and oxygen atoms in total. The molecule has 0 heterocycles. The fourth-order valence-electron chi connectivity index (χ4n) is 2.26. The Kier molecular flexibility index (Phi) is 15.7. The molecule has 25 heavy (non-hydrogen) atoms. The Bertz CT molecular complexity index is 444. The van der Waals surface area contributed by atoms with Crippen molar-refractivity contribution in [2.75, 3.05) is 65.9 Å². The molecular weight excluding hydrogens is 429 g/mol. The van der Waals surface area contributed by atoms with Crippen molar-refractivity contribution in [3.63, 3.8) is 0 Å². The molecule has 0 aromatic heterocycles. The molecule has 1 rings (SSSR count). The van der Waals surface area contributed by atoms with Crippen LogP contribution in [-0.4, -0.2) is 71.4 Å². The quantitative estimate of drug-likeness (QED) is 0.192. The predicted molar refractivity (Wildman–Crippen MR) is 118 cm³/mol. The molecule has 0 spiro atoms. The fraction of sp³-hybridized carbons (Fsp3) is 0.611. The minimum atomic E-state index is 0. The van der Waals surface area contributed by atoms with Gasteiger partial charge in [-0.2, -0.15) is 0 Å². The number of rotatable bonds is 12. The van der Waals surface area contributed by atoms with Crippen molar-refractivity contribution in [1.82, 2.24) is 15.5 Å². The largest absolute Gasteiger partial charge is 0.385 e.